The molecule has 0 radical (unpaired) electrons. The highest BCUT2D eigenvalue weighted by Crippen LogP contribution is 2.28. The van der Waals surface area contributed by atoms with Crippen molar-refractivity contribution in [3.05, 3.63) is 24.0 Å². The summed E-state index contributed by atoms with van der Waals surface area (Å²) in [6.07, 6.45) is 14.1. The number of hydrogen-bond donors (Lipinski definition) is 0. The Morgan fingerprint density at radius 3 is 2.33 bits per heavy atom. The third-order valence-corrected chi connectivity index (χ3v) is 3.85. The quantitative estimate of drug-likeness (QED) is 0.478. The highest BCUT2D eigenvalue weighted by Gasteiger charge is 2.12. The molecule has 0 saturated heterocycles. The van der Waals surface area contributed by atoms with E-state index in [-0.39, 0.29) is 0 Å². The van der Waals surface area contributed by atoms with Crippen LogP contribution < -0.4 is 0 Å². The first-order chi connectivity index (χ1) is 8.69. The Hall–Kier alpha value is -0.720. The lowest BCUT2D eigenvalue weighted by Gasteiger charge is -2.15. The molecule has 1 atom stereocenters. The van der Waals surface area contributed by atoms with Gasteiger partial charge in [-0.2, -0.15) is 0 Å². The van der Waals surface area contributed by atoms with Gasteiger partial charge in [0.05, 0.1) is 0 Å². The minimum atomic E-state index is 0.584. The van der Waals surface area contributed by atoms with Crippen LogP contribution in [0.5, 0.6) is 0 Å². The van der Waals surface area contributed by atoms with Crippen molar-refractivity contribution in [2.75, 3.05) is 0 Å². The SMILES string of the molecule is CCCCCCC(CCC)c1ccn(C(C)C)c1. The third-order valence-electron chi connectivity index (χ3n) is 3.85. The van der Waals surface area contributed by atoms with Gasteiger partial charge >= 0.3 is 0 Å². The molecule has 1 nitrogen and oxygen atoms in total. The van der Waals surface area contributed by atoms with Gasteiger partial charge in [0.1, 0.15) is 0 Å². The van der Waals surface area contributed by atoms with Gasteiger partial charge in [0.2, 0.25) is 0 Å². The zero-order valence-corrected chi connectivity index (χ0v) is 12.8. The van der Waals surface area contributed by atoms with E-state index in [2.05, 4.69) is 50.7 Å². The van der Waals surface area contributed by atoms with E-state index in [4.69, 9.17) is 0 Å². The molecule has 1 heteroatoms. The molecule has 1 aromatic heterocycles. The second kappa shape index (κ2) is 8.39. The summed E-state index contributed by atoms with van der Waals surface area (Å²) in [5.74, 6) is 0.784. The molecule has 0 N–H and O–H groups in total. The maximum atomic E-state index is 2.37. The number of hydrogen-bond acceptors (Lipinski definition) is 0. The van der Waals surface area contributed by atoms with Crippen LogP contribution >= 0.6 is 0 Å². The van der Waals surface area contributed by atoms with Crippen LogP contribution in [0.25, 0.3) is 0 Å². The molecule has 0 spiro atoms. The van der Waals surface area contributed by atoms with Gasteiger partial charge in [0.15, 0.2) is 0 Å². The van der Waals surface area contributed by atoms with Gasteiger partial charge in [-0.05, 0) is 44.2 Å². The predicted molar refractivity (Wildman–Crippen MR) is 81.2 cm³/mol. The molecule has 1 unspecified atom stereocenters. The second-order valence-corrected chi connectivity index (χ2v) is 5.82. The fraction of sp³-hybridized carbons (Fsp3) is 0.765. The topological polar surface area (TPSA) is 4.93 Å². The lowest BCUT2D eigenvalue weighted by molar-refractivity contribution is 0.518. The van der Waals surface area contributed by atoms with Crippen molar-refractivity contribution in [3.63, 3.8) is 0 Å². The number of unbranched alkanes of at least 4 members (excludes halogenated alkanes) is 3. The van der Waals surface area contributed by atoms with Crippen molar-refractivity contribution in [1.29, 1.82) is 0 Å². The molecule has 0 amide bonds. The van der Waals surface area contributed by atoms with E-state index in [1.54, 1.807) is 5.56 Å². The Kier molecular flexibility index (Phi) is 7.15. The first-order valence-electron chi connectivity index (χ1n) is 7.86. The van der Waals surface area contributed by atoms with Crippen molar-refractivity contribution in [3.8, 4) is 0 Å². The average Bonchev–Trinajstić information content (AvgIpc) is 2.82. The lowest BCUT2D eigenvalue weighted by atomic mass is 9.91. The summed E-state index contributed by atoms with van der Waals surface area (Å²) in [6, 6.07) is 2.92. The van der Waals surface area contributed by atoms with Crippen molar-refractivity contribution in [2.24, 2.45) is 0 Å². The highest BCUT2D eigenvalue weighted by atomic mass is 15.0. The molecule has 0 saturated carbocycles. The molecule has 0 aliphatic rings. The third kappa shape index (κ3) is 4.88. The minimum Gasteiger partial charge on any atom is -0.352 e. The summed E-state index contributed by atoms with van der Waals surface area (Å²) >= 11 is 0. The lowest BCUT2D eigenvalue weighted by Crippen LogP contribution is -2.00. The summed E-state index contributed by atoms with van der Waals surface area (Å²) < 4.78 is 2.34. The van der Waals surface area contributed by atoms with E-state index in [1.165, 1.54) is 44.9 Å². The van der Waals surface area contributed by atoms with Gasteiger partial charge in [0.25, 0.3) is 0 Å². The molecule has 0 aliphatic carbocycles. The maximum Gasteiger partial charge on any atom is 0.0274 e. The molecular weight excluding hydrogens is 218 g/mol. The second-order valence-electron chi connectivity index (χ2n) is 5.82. The molecule has 1 heterocycles. The Morgan fingerprint density at radius 2 is 1.78 bits per heavy atom. The van der Waals surface area contributed by atoms with Gasteiger partial charge in [-0.1, -0.05) is 46.0 Å². The Bertz CT molecular complexity index is 311. The molecule has 104 valence electrons. The highest BCUT2D eigenvalue weighted by molar-refractivity contribution is 5.16. The number of rotatable bonds is 9. The summed E-state index contributed by atoms with van der Waals surface area (Å²) in [4.78, 5) is 0. The molecule has 1 aromatic rings. The summed E-state index contributed by atoms with van der Waals surface area (Å²) in [5.41, 5.74) is 1.56. The molecule has 0 aliphatic heterocycles. The van der Waals surface area contributed by atoms with Crippen LogP contribution in [0, 0.1) is 0 Å². The first kappa shape index (κ1) is 15.3. The van der Waals surface area contributed by atoms with E-state index >= 15 is 0 Å². The van der Waals surface area contributed by atoms with Gasteiger partial charge in [-0.3, -0.25) is 0 Å². The van der Waals surface area contributed by atoms with Crippen LogP contribution in [-0.2, 0) is 0 Å². The summed E-state index contributed by atoms with van der Waals surface area (Å²) in [5, 5.41) is 0. The fourth-order valence-corrected chi connectivity index (χ4v) is 2.64. The van der Waals surface area contributed by atoms with Gasteiger partial charge < -0.3 is 4.57 Å². The van der Waals surface area contributed by atoms with E-state index in [0.717, 1.165) is 5.92 Å². The molecule has 0 aromatic carbocycles. The Balaban J connectivity index is 2.53. The normalized spacial score (nSPS) is 13.2. The average molecular weight is 249 g/mol. The first-order valence-corrected chi connectivity index (χ1v) is 7.86. The summed E-state index contributed by atoms with van der Waals surface area (Å²) in [6.45, 7) is 9.09. The van der Waals surface area contributed by atoms with E-state index in [0.29, 0.717) is 6.04 Å². The van der Waals surface area contributed by atoms with Crippen LogP contribution in [0.3, 0.4) is 0 Å². The fourth-order valence-electron chi connectivity index (χ4n) is 2.64. The van der Waals surface area contributed by atoms with Gasteiger partial charge in [0, 0.05) is 18.4 Å². The Morgan fingerprint density at radius 1 is 1.00 bits per heavy atom. The smallest absolute Gasteiger partial charge is 0.0274 e. The van der Waals surface area contributed by atoms with Crippen LogP contribution in [0.15, 0.2) is 18.5 Å². The maximum absolute atomic E-state index is 2.37. The van der Waals surface area contributed by atoms with Crippen molar-refractivity contribution in [1.82, 2.24) is 4.57 Å². The molecular formula is C17H31N. The molecule has 0 fully saturated rings. The van der Waals surface area contributed by atoms with Crippen LogP contribution in [0.2, 0.25) is 0 Å². The Labute approximate surface area is 114 Å². The van der Waals surface area contributed by atoms with E-state index in [9.17, 15) is 0 Å². The number of aromatic nitrogens is 1. The zero-order chi connectivity index (χ0) is 13.4. The van der Waals surface area contributed by atoms with Crippen molar-refractivity contribution < 1.29 is 0 Å². The van der Waals surface area contributed by atoms with Crippen LogP contribution in [-0.4, -0.2) is 4.57 Å². The predicted octanol–water partition coefficient (Wildman–Crippen LogP) is 5.92. The van der Waals surface area contributed by atoms with Crippen LogP contribution in [0.1, 0.15) is 90.2 Å². The standard InChI is InChI=1S/C17H31N/c1-5-7-8-9-11-16(10-6-2)17-12-13-18(14-17)15(3)4/h12-16H,5-11H2,1-4H3. The van der Waals surface area contributed by atoms with E-state index in [1.807, 2.05) is 0 Å². The van der Waals surface area contributed by atoms with Crippen LogP contribution in [0.4, 0.5) is 0 Å². The summed E-state index contributed by atoms with van der Waals surface area (Å²) in [7, 11) is 0. The van der Waals surface area contributed by atoms with Crippen molar-refractivity contribution in [2.45, 2.75) is 84.6 Å². The number of nitrogens with zero attached hydrogens (tertiary/aromatic N) is 1. The van der Waals surface area contributed by atoms with Gasteiger partial charge in [-0.25, -0.2) is 0 Å². The van der Waals surface area contributed by atoms with E-state index < -0.39 is 0 Å². The largest absolute Gasteiger partial charge is 0.352 e. The zero-order valence-electron chi connectivity index (χ0n) is 12.8. The molecule has 0 bridgehead atoms. The molecule has 18 heavy (non-hydrogen) atoms. The van der Waals surface area contributed by atoms with Crippen molar-refractivity contribution >= 4 is 0 Å². The molecule has 1 rings (SSSR count). The monoisotopic (exact) mass is 249 g/mol. The van der Waals surface area contributed by atoms with Gasteiger partial charge in [-0.15, -0.1) is 0 Å². The minimum absolute atomic E-state index is 0.584.